The van der Waals surface area contributed by atoms with Crippen molar-refractivity contribution in [3.05, 3.63) is 65.2 Å². The van der Waals surface area contributed by atoms with Crippen LogP contribution in [-0.4, -0.2) is 32.3 Å². The zero-order valence-electron chi connectivity index (χ0n) is 17.1. The molecule has 0 aromatic heterocycles. The molecule has 0 saturated heterocycles. The van der Waals surface area contributed by atoms with E-state index in [9.17, 15) is 4.79 Å². The molecule has 0 radical (unpaired) electrons. The minimum Gasteiger partial charge on any atom is -0.453 e. The standard InChI is InChI=1S/C22H30N4O2/c1-5-23-21(24-14-17(3)19-8-6-7-16(2)13-19)25-15-18-9-11-20(12-10-18)26-22(27)28-4/h6-13,17H,5,14-15H2,1-4H3,(H,26,27)(H2,23,24,25). The number of anilines is 1. The number of aliphatic imine (C=N–C) groups is 1. The monoisotopic (exact) mass is 382 g/mol. The van der Waals surface area contributed by atoms with E-state index in [-0.39, 0.29) is 0 Å². The minimum atomic E-state index is -0.480. The van der Waals surface area contributed by atoms with Gasteiger partial charge in [-0.25, -0.2) is 9.79 Å². The van der Waals surface area contributed by atoms with Crippen molar-refractivity contribution >= 4 is 17.7 Å². The molecule has 0 aliphatic carbocycles. The summed E-state index contributed by atoms with van der Waals surface area (Å²) < 4.78 is 4.59. The number of ether oxygens (including phenoxy) is 1. The second kappa shape index (κ2) is 11.0. The Bertz CT molecular complexity index is 787. The Morgan fingerprint density at radius 1 is 1.14 bits per heavy atom. The highest BCUT2D eigenvalue weighted by Crippen LogP contribution is 2.15. The topological polar surface area (TPSA) is 74.8 Å². The van der Waals surface area contributed by atoms with Crippen molar-refractivity contribution in [1.29, 1.82) is 0 Å². The number of nitrogens with zero attached hydrogens (tertiary/aromatic N) is 1. The second-order valence-corrected chi connectivity index (χ2v) is 6.70. The summed E-state index contributed by atoms with van der Waals surface area (Å²) in [5.74, 6) is 1.17. The highest BCUT2D eigenvalue weighted by Gasteiger charge is 2.07. The fraction of sp³-hybridized carbons (Fsp3) is 0.364. The van der Waals surface area contributed by atoms with Crippen LogP contribution < -0.4 is 16.0 Å². The van der Waals surface area contributed by atoms with Crippen LogP contribution in [0.1, 0.15) is 36.5 Å². The number of aryl methyl sites for hydroxylation is 1. The number of methoxy groups -OCH3 is 1. The maximum absolute atomic E-state index is 11.2. The molecule has 1 amide bonds. The largest absolute Gasteiger partial charge is 0.453 e. The van der Waals surface area contributed by atoms with Crippen LogP contribution in [0, 0.1) is 6.92 Å². The van der Waals surface area contributed by atoms with Gasteiger partial charge in [0.15, 0.2) is 5.96 Å². The number of carbonyl (C=O) groups is 1. The molecule has 1 unspecified atom stereocenters. The van der Waals surface area contributed by atoms with Gasteiger partial charge in [-0.1, -0.05) is 48.9 Å². The van der Waals surface area contributed by atoms with E-state index < -0.39 is 6.09 Å². The Morgan fingerprint density at radius 2 is 1.89 bits per heavy atom. The number of amides is 1. The molecule has 0 bridgehead atoms. The van der Waals surface area contributed by atoms with E-state index in [0.717, 1.165) is 24.6 Å². The molecule has 2 rings (SSSR count). The SMILES string of the molecule is CCNC(=NCc1ccc(NC(=O)OC)cc1)NCC(C)c1cccc(C)c1. The normalized spacial score (nSPS) is 12.2. The van der Waals surface area contributed by atoms with Gasteiger partial charge in [0.05, 0.1) is 13.7 Å². The van der Waals surface area contributed by atoms with Gasteiger partial charge in [0.25, 0.3) is 0 Å². The molecular formula is C22H30N4O2. The van der Waals surface area contributed by atoms with Gasteiger partial charge < -0.3 is 15.4 Å². The fourth-order valence-electron chi connectivity index (χ4n) is 2.72. The first-order chi connectivity index (χ1) is 13.5. The number of rotatable bonds is 7. The molecule has 0 spiro atoms. The maximum atomic E-state index is 11.2. The molecule has 0 heterocycles. The first-order valence-electron chi connectivity index (χ1n) is 9.54. The number of hydrogen-bond acceptors (Lipinski definition) is 3. The fourth-order valence-corrected chi connectivity index (χ4v) is 2.72. The molecular weight excluding hydrogens is 352 g/mol. The van der Waals surface area contributed by atoms with Crippen LogP contribution in [0.5, 0.6) is 0 Å². The van der Waals surface area contributed by atoms with E-state index in [1.807, 2.05) is 24.3 Å². The number of guanidine groups is 1. The summed E-state index contributed by atoms with van der Waals surface area (Å²) in [6.45, 7) is 8.52. The van der Waals surface area contributed by atoms with Gasteiger partial charge in [-0.3, -0.25) is 5.32 Å². The summed E-state index contributed by atoms with van der Waals surface area (Å²) in [4.78, 5) is 15.9. The summed E-state index contributed by atoms with van der Waals surface area (Å²) in [5, 5.41) is 9.34. The van der Waals surface area contributed by atoms with Crippen molar-refractivity contribution in [2.24, 2.45) is 4.99 Å². The molecule has 3 N–H and O–H groups in total. The van der Waals surface area contributed by atoms with Crippen molar-refractivity contribution in [3.63, 3.8) is 0 Å². The molecule has 2 aromatic carbocycles. The van der Waals surface area contributed by atoms with Crippen LogP contribution in [0.3, 0.4) is 0 Å². The van der Waals surface area contributed by atoms with E-state index in [1.165, 1.54) is 18.2 Å². The van der Waals surface area contributed by atoms with Crippen molar-refractivity contribution < 1.29 is 9.53 Å². The zero-order chi connectivity index (χ0) is 20.4. The van der Waals surface area contributed by atoms with Gasteiger partial charge in [-0.05, 0) is 43.0 Å². The van der Waals surface area contributed by atoms with Gasteiger partial charge in [0, 0.05) is 18.8 Å². The third-order valence-electron chi connectivity index (χ3n) is 4.34. The van der Waals surface area contributed by atoms with E-state index in [0.29, 0.717) is 18.2 Å². The molecule has 0 fully saturated rings. The predicted octanol–water partition coefficient (Wildman–Crippen LogP) is 4.03. The van der Waals surface area contributed by atoms with Crippen LogP contribution in [0.25, 0.3) is 0 Å². The van der Waals surface area contributed by atoms with Gasteiger partial charge >= 0.3 is 6.09 Å². The number of nitrogens with one attached hydrogen (secondary N) is 3. The van der Waals surface area contributed by atoms with Gasteiger partial charge in [0.2, 0.25) is 0 Å². The first-order valence-corrected chi connectivity index (χ1v) is 9.54. The summed E-state index contributed by atoms with van der Waals surface area (Å²) in [6, 6.07) is 16.1. The van der Waals surface area contributed by atoms with Crippen LogP contribution in [0.2, 0.25) is 0 Å². The Hall–Kier alpha value is -3.02. The summed E-state index contributed by atoms with van der Waals surface area (Å²) in [7, 11) is 1.34. The number of hydrogen-bond donors (Lipinski definition) is 3. The van der Waals surface area contributed by atoms with Crippen molar-refractivity contribution in [2.45, 2.75) is 33.2 Å². The number of benzene rings is 2. The van der Waals surface area contributed by atoms with E-state index in [2.05, 4.69) is 70.7 Å². The van der Waals surface area contributed by atoms with E-state index in [4.69, 9.17) is 0 Å². The average molecular weight is 383 g/mol. The van der Waals surface area contributed by atoms with Crippen molar-refractivity contribution in [2.75, 3.05) is 25.5 Å². The lowest BCUT2D eigenvalue weighted by atomic mass is 9.99. The van der Waals surface area contributed by atoms with Crippen LogP contribution in [-0.2, 0) is 11.3 Å². The first kappa shape index (κ1) is 21.3. The van der Waals surface area contributed by atoms with Crippen molar-refractivity contribution in [1.82, 2.24) is 10.6 Å². The van der Waals surface area contributed by atoms with Crippen LogP contribution in [0.4, 0.5) is 10.5 Å². The Morgan fingerprint density at radius 3 is 2.54 bits per heavy atom. The van der Waals surface area contributed by atoms with Crippen LogP contribution >= 0.6 is 0 Å². The Kier molecular flexibility index (Phi) is 8.34. The lowest BCUT2D eigenvalue weighted by Crippen LogP contribution is -2.39. The molecule has 6 heteroatoms. The van der Waals surface area contributed by atoms with E-state index in [1.54, 1.807) is 0 Å². The molecule has 2 aromatic rings. The minimum absolute atomic E-state index is 0.382. The van der Waals surface area contributed by atoms with Gasteiger partial charge in [-0.15, -0.1) is 0 Å². The zero-order valence-corrected chi connectivity index (χ0v) is 17.1. The molecule has 0 saturated carbocycles. The Balaban J connectivity index is 1.93. The molecule has 1 atom stereocenters. The third kappa shape index (κ3) is 6.95. The van der Waals surface area contributed by atoms with Crippen molar-refractivity contribution in [3.8, 4) is 0 Å². The third-order valence-corrected chi connectivity index (χ3v) is 4.34. The van der Waals surface area contributed by atoms with Crippen LogP contribution in [0.15, 0.2) is 53.5 Å². The maximum Gasteiger partial charge on any atom is 0.411 e. The molecule has 0 aliphatic heterocycles. The smallest absolute Gasteiger partial charge is 0.411 e. The summed E-state index contributed by atoms with van der Waals surface area (Å²) in [6.07, 6.45) is -0.480. The average Bonchev–Trinajstić information content (AvgIpc) is 2.70. The second-order valence-electron chi connectivity index (χ2n) is 6.70. The molecule has 0 aliphatic rings. The highest BCUT2D eigenvalue weighted by molar-refractivity contribution is 5.84. The van der Waals surface area contributed by atoms with E-state index >= 15 is 0 Å². The molecule has 28 heavy (non-hydrogen) atoms. The predicted molar refractivity (Wildman–Crippen MR) is 115 cm³/mol. The summed E-state index contributed by atoms with van der Waals surface area (Å²) in [5.41, 5.74) is 4.34. The molecule has 6 nitrogen and oxygen atoms in total. The lowest BCUT2D eigenvalue weighted by molar-refractivity contribution is 0.187. The van der Waals surface area contributed by atoms with Gasteiger partial charge in [0.1, 0.15) is 0 Å². The summed E-state index contributed by atoms with van der Waals surface area (Å²) >= 11 is 0. The highest BCUT2D eigenvalue weighted by atomic mass is 16.5. The van der Waals surface area contributed by atoms with Gasteiger partial charge in [-0.2, -0.15) is 0 Å². The lowest BCUT2D eigenvalue weighted by Gasteiger charge is -2.16. The quantitative estimate of drug-likeness (QED) is 0.499. The Labute approximate surface area is 167 Å². The number of carbonyl (C=O) groups excluding carboxylic acids is 1. The molecule has 150 valence electrons.